The molecular weight excluding hydrogens is 354 g/mol. The quantitative estimate of drug-likeness (QED) is 0.713. The molecule has 26 heavy (non-hydrogen) atoms. The standard InChI is InChI=1S/C18H17N3O4S/c1-13-20-21-17(25-13)11-19-18(22)15-9-5-6-10-16(15)26(23,24)12-14-7-3-2-4-8-14/h2-10H,11-12H2,1H3,(H,19,22). The van der Waals surface area contributed by atoms with Crippen molar-refractivity contribution >= 4 is 15.7 Å². The van der Waals surface area contributed by atoms with Gasteiger partial charge in [-0.2, -0.15) is 0 Å². The largest absolute Gasteiger partial charge is 0.424 e. The average molecular weight is 371 g/mol. The first-order valence-electron chi connectivity index (χ1n) is 7.88. The third-order valence-corrected chi connectivity index (χ3v) is 5.37. The third-order valence-electron chi connectivity index (χ3n) is 3.63. The van der Waals surface area contributed by atoms with E-state index >= 15 is 0 Å². The number of aromatic nitrogens is 2. The molecule has 1 aromatic heterocycles. The Balaban J connectivity index is 1.81. The Morgan fingerprint density at radius 1 is 1.04 bits per heavy atom. The second-order valence-corrected chi connectivity index (χ2v) is 7.60. The van der Waals surface area contributed by atoms with Crippen molar-refractivity contribution in [3.8, 4) is 0 Å². The summed E-state index contributed by atoms with van der Waals surface area (Å²) in [5, 5.41) is 10.1. The molecule has 0 radical (unpaired) electrons. The molecule has 8 heteroatoms. The predicted octanol–water partition coefficient (Wildman–Crippen LogP) is 2.28. The normalized spacial score (nSPS) is 11.3. The Labute approximate surface area is 151 Å². The van der Waals surface area contributed by atoms with Crippen molar-refractivity contribution in [2.75, 3.05) is 0 Å². The van der Waals surface area contributed by atoms with Crippen molar-refractivity contribution in [1.82, 2.24) is 15.5 Å². The fourth-order valence-electron chi connectivity index (χ4n) is 2.46. The van der Waals surface area contributed by atoms with Crippen molar-refractivity contribution in [2.45, 2.75) is 24.1 Å². The van der Waals surface area contributed by atoms with Gasteiger partial charge in [0.05, 0.1) is 22.8 Å². The molecule has 0 aliphatic rings. The van der Waals surface area contributed by atoms with Crippen LogP contribution in [0.3, 0.4) is 0 Å². The molecular formula is C18H17N3O4S. The molecule has 0 saturated carbocycles. The van der Waals surface area contributed by atoms with Gasteiger partial charge in [-0.3, -0.25) is 4.79 Å². The Morgan fingerprint density at radius 3 is 2.42 bits per heavy atom. The molecule has 2 aromatic carbocycles. The molecule has 0 bridgehead atoms. The van der Waals surface area contributed by atoms with Crippen LogP contribution >= 0.6 is 0 Å². The van der Waals surface area contributed by atoms with Gasteiger partial charge in [0.25, 0.3) is 5.91 Å². The minimum Gasteiger partial charge on any atom is -0.424 e. The van der Waals surface area contributed by atoms with Gasteiger partial charge in [-0.25, -0.2) is 8.42 Å². The van der Waals surface area contributed by atoms with Crippen molar-refractivity contribution in [3.05, 3.63) is 77.5 Å². The number of carbonyl (C=O) groups is 1. The Kier molecular flexibility index (Phi) is 5.13. The van der Waals surface area contributed by atoms with E-state index < -0.39 is 15.7 Å². The third kappa shape index (κ3) is 4.15. The summed E-state index contributed by atoms with van der Waals surface area (Å²) >= 11 is 0. The minimum atomic E-state index is -3.68. The second-order valence-electron chi connectivity index (χ2n) is 5.64. The van der Waals surface area contributed by atoms with Gasteiger partial charge in [-0.05, 0) is 17.7 Å². The highest BCUT2D eigenvalue weighted by atomic mass is 32.2. The van der Waals surface area contributed by atoms with Crippen LogP contribution in [0.4, 0.5) is 0 Å². The van der Waals surface area contributed by atoms with E-state index in [9.17, 15) is 13.2 Å². The number of hydrogen-bond acceptors (Lipinski definition) is 6. The van der Waals surface area contributed by atoms with E-state index in [1.54, 1.807) is 43.3 Å². The van der Waals surface area contributed by atoms with E-state index in [0.29, 0.717) is 11.5 Å². The maximum Gasteiger partial charge on any atom is 0.253 e. The summed E-state index contributed by atoms with van der Waals surface area (Å²) in [6, 6.07) is 15.0. The van der Waals surface area contributed by atoms with Crippen LogP contribution < -0.4 is 5.32 Å². The summed E-state index contributed by atoms with van der Waals surface area (Å²) in [5.41, 5.74) is 0.740. The lowest BCUT2D eigenvalue weighted by Gasteiger charge is -2.10. The van der Waals surface area contributed by atoms with Gasteiger partial charge >= 0.3 is 0 Å². The summed E-state index contributed by atoms with van der Waals surface area (Å²) in [7, 11) is -3.68. The van der Waals surface area contributed by atoms with E-state index in [1.165, 1.54) is 12.1 Å². The molecule has 3 aromatic rings. The fourth-order valence-corrected chi connectivity index (χ4v) is 4.03. The van der Waals surface area contributed by atoms with Crippen molar-refractivity contribution in [1.29, 1.82) is 0 Å². The summed E-state index contributed by atoms with van der Waals surface area (Å²) in [6.07, 6.45) is 0. The molecule has 7 nitrogen and oxygen atoms in total. The number of hydrogen-bond donors (Lipinski definition) is 1. The van der Waals surface area contributed by atoms with Crippen LogP contribution in [0.25, 0.3) is 0 Å². The number of nitrogens with one attached hydrogen (secondary N) is 1. The van der Waals surface area contributed by atoms with Crippen molar-refractivity contribution < 1.29 is 17.6 Å². The highest BCUT2D eigenvalue weighted by molar-refractivity contribution is 7.90. The zero-order chi connectivity index (χ0) is 18.6. The molecule has 0 fully saturated rings. The Hall–Kier alpha value is -3.00. The van der Waals surface area contributed by atoms with Crippen LogP contribution in [0, 0.1) is 6.92 Å². The molecule has 134 valence electrons. The zero-order valence-corrected chi connectivity index (χ0v) is 14.9. The Bertz CT molecular complexity index is 1010. The summed E-state index contributed by atoms with van der Waals surface area (Å²) < 4.78 is 30.8. The average Bonchev–Trinajstić information content (AvgIpc) is 3.05. The zero-order valence-electron chi connectivity index (χ0n) is 14.0. The van der Waals surface area contributed by atoms with Crippen molar-refractivity contribution in [3.63, 3.8) is 0 Å². The SMILES string of the molecule is Cc1nnc(CNC(=O)c2ccccc2S(=O)(=O)Cc2ccccc2)o1. The lowest BCUT2D eigenvalue weighted by molar-refractivity contribution is 0.0943. The molecule has 0 aliphatic carbocycles. The van der Waals surface area contributed by atoms with E-state index in [4.69, 9.17) is 4.42 Å². The topological polar surface area (TPSA) is 102 Å². The van der Waals surface area contributed by atoms with E-state index in [0.717, 1.165) is 0 Å². The summed E-state index contributed by atoms with van der Waals surface area (Å²) in [6.45, 7) is 1.66. The molecule has 0 saturated heterocycles. The highest BCUT2D eigenvalue weighted by Crippen LogP contribution is 2.20. The first-order chi connectivity index (χ1) is 12.5. The second kappa shape index (κ2) is 7.49. The first kappa shape index (κ1) is 17.8. The molecule has 0 aliphatic heterocycles. The number of amides is 1. The number of nitrogens with zero attached hydrogens (tertiary/aromatic N) is 2. The predicted molar refractivity (Wildman–Crippen MR) is 94.0 cm³/mol. The number of benzene rings is 2. The van der Waals surface area contributed by atoms with Gasteiger partial charge in [0.15, 0.2) is 9.84 Å². The molecule has 1 N–H and O–H groups in total. The maximum atomic E-state index is 12.8. The van der Waals surface area contributed by atoms with Gasteiger partial charge in [-0.1, -0.05) is 42.5 Å². The Morgan fingerprint density at radius 2 is 1.73 bits per heavy atom. The number of aryl methyl sites for hydroxylation is 1. The summed E-state index contributed by atoms with van der Waals surface area (Å²) in [5.74, 6) is -0.0605. The maximum absolute atomic E-state index is 12.8. The van der Waals surface area contributed by atoms with Gasteiger partial charge in [-0.15, -0.1) is 10.2 Å². The minimum absolute atomic E-state index is 0.0111. The van der Waals surface area contributed by atoms with Gasteiger partial charge < -0.3 is 9.73 Å². The number of carbonyl (C=O) groups excluding carboxylic acids is 1. The monoisotopic (exact) mass is 371 g/mol. The number of sulfone groups is 1. The van der Waals surface area contributed by atoms with E-state index in [-0.39, 0.29) is 28.6 Å². The molecule has 0 spiro atoms. The first-order valence-corrected chi connectivity index (χ1v) is 9.54. The highest BCUT2D eigenvalue weighted by Gasteiger charge is 2.22. The molecule has 0 atom stereocenters. The fraction of sp³-hybridized carbons (Fsp3) is 0.167. The van der Waals surface area contributed by atoms with Crippen LogP contribution in [0.15, 0.2) is 63.9 Å². The van der Waals surface area contributed by atoms with Gasteiger partial charge in [0.1, 0.15) is 0 Å². The van der Waals surface area contributed by atoms with Crippen molar-refractivity contribution in [2.24, 2.45) is 0 Å². The lowest BCUT2D eigenvalue weighted by Crippen LogP contribution is -2.25. The van der Waals surface area contributed by atoms with Gasteiger partial charge in [0, 0.05) is 6.92 Å². The molecule has 0 unspecified atom stereocenters. The van der Waals surface area contributed by atoms with Crippen LogP contribution in [-0.4, -0.2) is 24.5 Å². The lowest BCUT2D eigenvalue weighted by atomic mass is 10.2. The summed E-state index contributed by atoms with van der Waals surface area (Å²) in [4.78, 5) is 12.5. The van der Waals surface area contributed by atoms with E-state index in [1.807, 2.05) is 6.07 Å². The number of rotatable bonds is 6. The molecule has 1 amide bonds. The molecule has 3 rings (SSSR count). The van der Waals surface area contributed by atoms with Gasteiger partial charge in [0.2, 0.25) is 11.8 Å². The smallest absolute Gasteiger partial charge is 0.253 e. The van der Waals surface area contributed by atoms with Crippen LogP contribution in [0.2, 0.25) is 0 Å². The van der Waals surface area contributed by atoms with Crippen LogP contribution in [0.5, 0.6) is 0 Å². The van der Waals surface area contributed by atoms with Crippen LogP contribution in [-0.2, 0) is 22.1 Å². The van der Waals surface area contributed by atoms with E-state index in [2.05, 4.69) is 15.5 Å². The molecule has 1 heterocycles. The van der Waals surface area contributed by atoms with Crippen LogP contribution in [0.1, 0.15) is 27.7 Å².